The highest BCUT2D eigenvalue weighted by Crippen LogP contribution is 2.14. The number of aromatic amines is 1. The molecule has 4 heteroatoms. The second kappa shape index (κ2) is 4.61. The Morgan fingerprint density at radius 3 is 3.06 bits per heavy atom. The molecule has 0 aliphatic carbocycles. The number of hydrogen-bond donors (Lipinski definition) is 1. The van der Waals surface area contributed by atoms with Gasteiger partial charge in [-0.3, -0.25) is 4.79 Å². The summed E-state index contributed by atoms with van der Waals surface area (Å²) in [6, 6.07) is 7.64. The summed E-state index contributed by atoms with van der Waals surface area (Å²) in [6.45, 7) is 0. The minimum atomic E-state index is -0.0992. The van der Waals surface area contributed by atoms with E-state index in [0.29, 0.717) is 12.0 Å². The van der Waals surface area contributed by atoms with Crippen LogP contribution in [0.5, 0.6) is 5.75 Å². The lowest BCUT2D eigenvalue weighted by molar-refractivity contribution is 0.414. The van der Waals surface area contributed by atoms with E-state index in [2.05, 4.69) is 9.97 Å². The highest BCUT2D eigenvalue weighted by atomic mass is 16.5. The summed E-state index contributed by atoms with van der Waals surface area (Å²) in [4.78, 5) is 17.9. The first-order chi connectivity index (χ1) is 7.79. The van der Waals surface area contributed by atoms with Crippen LogP contribution in [0.4, 0.5) is 0 Å². The first-order valence-corrected chi connectivity index (χ1v) is 4.94. The maximum absolute atomic E-state index is 11.5. The van der Waals surface area contributed by atoms with Crippen LogP contribution in [-0.4, -0.2) is 17.1 Å². The Labute approximate surface area is 92.9 Å². The number of nitrogens with zero attached hydrogens (tertiary/aromatic N) is 1. The molecule has 0 fully saturated rings. The molecule has 0 aliphatic rings. The van der Waals surface area contributed by atoms with Crippen molar-refractivity contribution >= 4 is 0 Å². The summed E-state index contributed by atoms with van der Waals surface area (Å²) >= 11 is 0. The maximum Gasteiger partial charge on any atom is 0.254 e. The molecule has 2 aromatic rings. The fourth-order valence-electron chi connectivity index (χ4n) is 1.50. The van der Waals surface area contributed by atoms with E-state index >= 15 is 0 Å². The van der Waals surface area contributed by atoms with Crippen molar-refractivity contribution in [3.8, 4) is 5.75 Å². The molecule has 0 atom stereocenters. The molecule has 1 aromatic carbocycles. The van der Waals surface area contributed by atoms with Gasteiger partial charge in [0.05, 0.1) is 13.4 Å². The second-order valence-electron chi connectivity index (χ2n) is 3.43. The monoisotopic (exact) mass is 216 g/mol. The molecule has 0 aliphatic heterocycles. The molecular formula is C12H12N2O2. The number of H-pyrrole nitrogens is 1. The van der Waals surface area contributed by atoms with Crippen LogP contribution >= 0.6 is 0 Å². The van der Waals surface area contributed by atoms with Gasteiger partial charge >= 0.3 is 0 Å². The fraction of sp³-hybridized carbons (Fsp3) is 0.167. The van der Waals surface area contributed by atoms with E-state index in [-0.39, 0.29) is 5.56 Å². The van der Waals surface area contributed by atoms with Crippen molar-refractivity contribution in [2.75, 3.05) is 7.11 Å². The number of nitrogens with one attached hydrogen (secondary N) is 1. The van der Waals surface area contributed by atoms with Gasteiger partial charge in [-0.1, -0.05) is 12.1 Å². The molecule has 1 aromatic heterocycles. The zero-order valence-corrected chi connectivity index (χ0v) is 8.93. The molecule has 1 heterocycles. The van der Waals surface area contributed by atoms with Gasteiger partial charge in [0, 0.05) is 18.2 Å². The van der Waals surface area contributed by atoms with E-state index in [1.54, 1.807) is 13.3 Å². The highest BCUT2D eigenvalue weighted by Gasteiger charge is 2.02. The second-order valence-corrected chi connectivity index (χ2v) is 3.43. The van der Waals surface area contributed by atoms with Gasteiger partial charge in [-0.2, -0.15) is 0 Å². The average Bonchev–Trinajstić information content (AvgIpc) is 2.32. The quantitative estimate of drug-likeness (QED) is 0.843. The Hall–Kier alpha value is -2.10. The number of rotatable bonds is 3. The van der Waals surface area contributed by atoms with E-state index in [1.165, 1.54) is 6.33 Å². The van der Waals surface area contributed by atoms with Crippen molar-refractivity contribution in [1.82, 2.24) is 9.97 Å². The first-order valence-electron chi connectivity index (χ1n) is 4.94. The van der Waals surface area contributed by atoms with Gasteiger partial charge < -0.3 is 9.72 Å². The molecule has 82 valence electrons. The molecule has 0 saturated heterocycles. The molecule has 0 unspecified atom stereocenters. The Balaban J connectivity index is 2.27. The number of ether oxygens (including phenoxy) is 1. The van der Waals surface area contributed by atoms with Gasteiger partial charge in [0.15, 0.2) is 0 Å². The van der Waals surface area contributed by atoms with Crippen LogP contribution in [-0.2, 0) is 6.42 Å². The predicted molar refractivity (Wildman–Crippen MR) is 60.7 cm³/mol. The molecule has 0 spiro atoms. The van der Waals surface area contributed by atoms with E-state index < -0.39 is 0 Å². The zero-order chi connectivity index (χ0) is 11.4. The third kappa shape index (κ3) is 2.28. The topological polar surface area (TPSA) is 55.0 Å². The third-order valence-corrected chi connectivity index (χ3v) is 2.32. The number of methoxy groups -OCH3 is 1. The number of hydrogen-bond acceptors (Lipinski definition) is 3. The molecule has 0 saturated carbocycles. The summed E-state index contributed by atoms with van der Waals surface area (Å²) in [5.74, 6) is 0.790. The minimum absolute atomic E-state index is 0.0992. The molecule has 2 rings (SSSR count). The van der Waals surface area contributed by atoms with Crippen molar-refractivity contribution < 1.29 is 4.74 Å². The average molecular weight is 216 g/mol. The zero-order valence-electron chi connectivity index (χ0n) is 8.93. The van der Waals surface area contributed by atoms with Crippen molar-refractivity contribution in [1.29, 1.82) is 0 Å². The van der Waals surface area contributed by atoms with Gasteiger partial charge in [-0.05, 0) is 17.7 Å². The van der Waals surface area contributed by atoms with Gasteiger partial charge in [-0.25, -0.2) is 4.98 Å². The van der Waals surface area contributed by atoms with Crippen LogP contribution in [0.3, 0.4) is 0 Å². The SMILES string of the molecule is COc1cccc(Cc2cnc[nH]c2=O)c1. The van der Waals surface area contributed by atoms with Gasteiger partial charge in [0.2, 0.25) is 0 Å². The lowest BCUT2D eigenvalue weighted by Gasteiger charge is -2.03. The van der Waals surface area contributed by atoms with Gasteiger partial charge in [0.25, 0.3) is 5.56 Å². The van der Waals surface area contributed by atoms with Crippen LogP contribution in [0.25, 0.3) is 0 Å². The normalized spacial score (nSPS) is 10.1. The van der Waals surface area contributed by atoms with Crippen molar-refractivity contribution in [3.05, 3.63) is 58.3 Å². The predicted octanol–water partition coefficient (Wildman–Crippen LogP) is 1.37. The van der Waals surface area contributed by atoms with Crippen molar-refractivity contribution in [2.24, 2.45) is 0 Å². The molecule has 0 amide bonds. The molecule has 0 bridgehead atoms. The smallest absolute Gasteiger partial charge is 0.254 e. The van der Waals surface area contributed by atoms with E-state index in [4.69, 9.17) is 4.74 Å². The summed E-state index contributed by atoms with van der Waals surface area (Å²) < 4.78 is 5.12. The molecule has 0 radical (unpaired) electrons. The van der Waals surface area contributed by atoms with Crippen LogP contribution in [0.2, 0.25) is 0 Å². The van der Waals surface area contributed by atoms with E-state index in [1.807, 2.05) is 24.3 Å². The molecule has 1 N–H and O–H groups in total. The third-order valence-electron chi connectivity index (χ3n) is 2.32. The number of aromatic nitrogens is 2. The lowest BCUT2D eigenvalue weighted by atomic mass is 10.1. The summed E-state index contributed by atoms with van der Waals surface area (Å²) in [5.41, 5.74) is 1.58. The van der Waals surface area contributed by atoms with Crippen LogP contribution in [0.1, 0.15) is 11.1 Å². The van der Waals surface area contributed by atoms with Crippen molar-refractivity contribution in [2.45, 2.75) is 6.42 Å². The van der Waals surface area contributed by atoms with Crippen LogP contribution in [0.15, 0.2) is 41.6 Å². The summed E-state index contributed by atoms with van der Waals surface area (Å²) in [6.07, 6.45) is 3.52. The fourth-order valence-corrected chi connectivity index (χ4v) is 1.50. The van der Waals surface area contributed by atoms with Gasteiger partial charge in [0.1, 0.15) is 5.75 Å². The van der Waals surface area contributed by atoms with Crippen molar-refractivity contribution in [3.63, 3.8) is 0 Å². The standard InChI is InChI=1S/C12H12N2O2/c1-16-11-4-2-3-9(6-11)5-10-7-13-8-14-12(10)15/h2-4,6-8H,5H2,1H3,(H,13,14,15). The first kappa shape index (κ1) is 10.4. The Morgan fingerprint density at radius 2 is 2.31 bits per heavy atom. The lowest BCUT2D eigenvalue weighted by Crippen LogP contribution is -2.12. The van der Waals surface area contributed by atoms with Crippen LogP contribution < -0.4 is 10.3 Å². The van der Waals surface area contributed by atoms with Gasteiger partial charge in [-0.15, -0.1) is 0 Å². The van der Waals surface area contributed by atoms with E-state index in [9.17, 15) is 4.79 Å². The Morgan fingerprint density at radius 1 is 1.44 bits per heavy atom. The maximum atomic E-state index is 11.5. The van der Waals surface area contributed by atoms with Crippen LogP contribution in [0, 0.1) is 0 Å². The highest BCUT2D eigenvalue weighted by molar-refractivity contribution is 5.31. The number of benzene rings is 1. The molecular weight excluding hydrogens is 204 g/mol. The van der Waals surface area contributed by atoms with E-state index in [0.717, 1.165) is 11.3 Å². The minimum Gasteiger partial charge on any atom is -0.497 e. The largest absolute Gasteiger partial charge is 0.497 e. The Bertz CT molecular complexity index is 534. The summed E-state index contributed by atoms with van der Waals surface area (Å²) in [5, 5.41) is 0. The summed E-state index contributed by atoms with van der Waals surface area (Å²) in [7, 11) is 1.62. The molecule has 4 nitrogen and oxygen atoms in total. The Kier molecular flexibility index (Phi) is 3.00. The molecule has 16 heavy (non-hydrogen) atoms.